The largest absolute Gasteiger partial charge is 0.496 e. The van der Waals surface area contributed by atoms with Gasteiger partial charge in [0.05, 0.1) is 17.9 Å². The maximum absolute atomic E-state index is 12.9. The van der Waals surface area contributed by atoms with E-state index in [-0.39, 0.29) is 23.3 Å². The number of benzene rings is 1. The van der Waals surface area contributed by atoms with Crippen LogP contribution in [0, 0.1) is 12.8 Å². The molecule has 1 aliphatic heterocycles. The Kier molecular flexibility index (Phi) is 6.01. The summed E-state index contributed by atoms with van der Waals surface area (Å²) in [6, 6.07) is 4.80. The van der Waals surface area contributed by atoms with Crippen LogP contribution in [0.15, 0.2) is 35.7 Å². The zero-order valence-electron chi connectivity index (χ0n) is 14.1. The number of carbonyl (C=O) groups is 1. The standard InChI is InChI=1S/C17H24N2O4S/c1-4-9-18-17(20)14-6-5-10-19(12-14)24(21,22)15-7-8-16(23-3)13(2)11-15/h4,7-8,11,14H,1,5-6,9-10,12H2,2-3H3,(H,18,20). The van der Waals surface area contributed by atoms with Crippen molar-refractivity contribution in [3.63, 3.8) is 0 Å². The van der Waals surface area contributed by atoms with E-state index in [0.717, 1.165) is 5.56 Å². The van der Waals surface area contributed by atoms with Gasteiger partial charge < -0.3 is 10.1 Å². The Balaban J connectivity index is 2.18. The molecule has 0 radical (unpaired) electrons. The first kappa shape index (κ1) is 18.5. The quantitative estimate of drug-likeness (QED) is 0.791. The molecule has 7 heteroatoms. The summed E-state index contributed by atoms with van der Waals surface area (Å²) in [4.78, 5) is 12.3. The van der Waals surface area contributed by atoms with Crippen molar-refractivity contribution in [2.45, 2.75) is 24.7 Å². The third kappa shape index (κ3) is 3.96. The second-order valence-electron chi connectivity index (χ2n) is 5.87. The summed E-state index contributed by atoms with van der Waals surface area (Å²) < 4.78 is 32.3. The summed E-state index contributed by atoms with van der Waals surface area (Å²) in [6.07, 6.45) is 2.96. The normalized spacial score (nSPS) is 18.8. The highest BCUT2D eigenvalue weighted by Crippen LogP contribution is 2.27. The second kappa shape index (κ2) is 7.81. The number of amides is 1. The van der Waals surface area contributed by atoms with Gasteiger partial charge in [-0.15, -0.1) is 6.58 Å². The van der Waals surface area contributed by atoms with Crippen LogP contribution in [0.4, 0.5) is 0 Å². The van der Waals surface area contributed by atoms with Crippen molar-refractivity contribution in [2.75, 3.05) is 26.7 Å². The number of carbonyl (C=O) groups excluding carboxylic acids is 1. The molecule has 1 unspecified atom stereocenters. The van der Waals surface area contributed by atoms with Crippen molar-refractivity contribution in [3.05, 3.63) is 36.4 Å². The highest BCUT2D eigenvalue weighted by Gasteiger charge is 2.33. The molecule has 1 aromatic rings. The minimum absolute atomic E-state index is 0.124. The topological polar surface area (TPSA) is 75.7 Å². The number of hydrogen-bond donors (Lipinski definition) is 1. The Morgan fingerprint density at radius 3 is 2.88 bits per heavy atom. The fourth-order valence-corrected chi connectivity index (χ4v) is 4.46. The molecular formula is C17H24N2O4S. The van der Waals surface area contributed by atoms with Crippen LogP contribution in [0.25, 0.3) is 0 Å². The molecule has 24 heavy (non-hydrogen) atoms. The number of piperidine rings is 1. The van der Waals surface area contributed by atoms with Crippen molar-refractivity contribution in [3.8, 4) is 5.75 Å². The zero-order chi connectivity index (χ0) is 17.7. The van der Waals surface area contributed by atoms with Crippen molar-refractivity contribution in [1.82, 2.24) is 9.62 Å². The summed E-state index contributed by atoms with van der Waals surface area (Å²) in [5.74, 6) is 0.197. The lowest BCUT2D eigenvalue weighted by molar-refractivity contribution is -0.125. The molecule has 1 atom stereocenters. The first-order chi connectivity index (χ1) is 11.4. The molecule has 0 aliphatic carbocycles. The first-order valence-electron chi connectivity index (χ1n) is 7.93. The van der Waals surface area contributed by atoms with Gasteiger partial charge in [0, 0.05) is 19.6 Å². The average molecular weight is 352 g/mol. The van der Waals surface area contributed by atoms with Gasteiger partial charge in [-0.05, 0) is 43.5 Å². The lowest BCUT2D eigenvalue weighted by atomic mass is 9.99. The Hall–Kier alpha value is -1.86. The maximum Gasteiger partial charge on any atom is 0.243 e. The van der Waals surface area contributed by atoms with E-state index in [1.54, 1.807) is 38.3 Å². The number of rotatable bonds is 6. The number of aryl methyl sites for hydroxylation is 1. The van der Waals surface area contributed by atoms with Gasteiger partial charge in [-0.1, -0.05) is 6.08 Å². The molecule has 0 aromatic heterocycles. The van der Waals surface area contributed by atoms with Crippen molar-refractivity contribution in [2.24, 2.45) is 5.92 Å². The molecule has 1 fully saturated rings. The van der Waals surface area contributed by atoms with E-state index < -0.39 is 10.0 Å². The molecule has 1 heterocycles. The molecule has 2 rings (SSSR count). The van der Waals surface area contributed by atoms with Gasteiger partial charge in [-0.2, -0.15) is 4.31 Å². The number of ether oxygens (including phenoxy) is 1. The number of nitrogens with one attached hydrogen (secondary N) is 1. The number of sulfonamides is 1. The summed E-state index contributed by atoms with van der Waals surface area (Å²) >= 11 is 0. The molecule has 0 saturated carbocycles. The second-order valence-corrected chi connectivity index (χ2v) is 7.81. The van der Waals surface area contributed by atoms with Gasteiger partial charge >= 0.3 is 0 Å². The third-order valence-corrected chi connectivity index (χ3v) is 6.04. The summed E-state index contributed by atoms with van der Waals surface area (Å²) in [6.45, 7) is 6.39. The SMILES string of the molecule is C=CCNC(=O)C1CCCN(S(=O)(=O)c2ccc(OC)c(C)c2)C1. The Labute approximate surface area is 143 Å². The van der Waals surface area contributed by atoms with Crippen LogP contribution in [-0.4, -0.2) is 45.4 Å². The molecule has 1 amide bonds. The van der Waals surface area contributed by atoms with E-state index in [4.69, 9.17) is 4.74 Å². The van der Waals surface area contributed by atoms with E-state index in [2.05, 4.69) is 11.9 Å². The Morgan fingerprint density at radius 2 is 2.25 bits per heavy atom. The predicted octanol–water partition coefficient (Wildman–Crippen LogP) is 1.71. The molecule has 1 saturated heterocycles. The third-order valence-electron chi connectivity index (χ3n) is 4.18. The van der Waals surface area contributed by atoms with Crippen LogP contribution >= 0.6 is 0 Å². The smallest absolute Gasteiger partial charge is 0.243 e. The first-order valence-corrected chi connectivity index (χ1v) is 9.37. The zero-order valence-corrected chi connectivity index (χ0v) is 14.9. The fourth-order valence-electron chi connectivity index (χ4n) is 2.85. The van der Waals surface area contributed by atoms with E-state index in [1.807, 2.05) is 0 Å². The molecule has 1 N–H and O–H groups in total. The molecule has 1 aliphatic rings. The summed E-state index contributed by atoms with van der Waals surface area (Å²) in [7, 11) is -2.07. The van der Waals surface area contributed by atoms with Crippen LogP contribution in [0.1, 0.15) is 18.4 Å². The lowest BCUT2D eigenvalue weighted by Crippen LogP contribution is -2.45. The van der Waals surface area contributed by atoms with Crippen LogP contribution in [0.3, 0.4) is 0 Å². The molecule has 1 aromatic carbocycles. The average Bonchev–Trinajstić information content (AvgIpc) is 2.59. The fraction of sp³-hybridized carbons (Fsp3) is 0.471. The van der Waals surface area contributed by atoms with E-state index in [1.165, 1.54) is 4.31 Å². The van der Waals surface area contributed by atoms with Crippen molar-refractivity contribution in [1.29, 1.82) is 0 Å². The van der Waals surface area contributed by atoms with Crippen LogP contribution < -0.4 is 10.1 Å². The van der Waals surface area contributed by atoms with Gasteiger partial charge in [-0.25, -0.2) is 8.42 Å². The molecule has 0 bridgehead atoms. The number of hydrogen-bond acceptors (Lipinski definition) is 4. The molecule has 0 spiro atoms. The summed E-state index contributed by atoms with van der Waals surface area (Å²) in [5, 5.41) is 2.74. The highest BCUT2D eigenvalue weighted by atomic mass is 32.2. The maximum atomic E-state index is 12.9. The Bertz CT molecular complexity index is 715. The van der Waals surface area contributed by atoms with Crippen LogP contribution in [-0.2, 0) is 14.8 Å². The predicted molar refractivity (Wildman–Crippen MR) is 92.4 cm³/mol. The number of nitrogens with zero attached hydrogens (tertiary/aromatic N) is 1. The lowest BCUT2D eigenvalue weighted by Gasteiger charge is -2.31. The summed E-state index contributed by atoms with van der Waals surface area (Å²) in [5.41, 5.74) is 0.760. The van der Waals surface area contributed by atoms with E-state index in [9.17, 15) is 13.2 Å². The van der Waals surface area contributed by atoms with Crippen LogP contribution in [0.2, 0.25) is 0 Å². The van der Waals surface area contributed by atoms with E-state index in [0.29, 0.717) is 31.7 Å². The molecular weight excluding hydrogens is 328 g/mol. The monoisotopic (exact) mass is 352 g/mol. The van der Waals surface area contributed by atoms with Gasteiger partial charge in [0.15, 0.2) is 0 Å². The minimum atomic E-state index is -3.62. The number of methoxy groups -OCH3 is 1. The van der Waals surface area contributed by atoms with Gasteiger partial charge in [-0.3, -0.25) is 4.79 Å². The molecule has 6 nitrogen and oxygen atoms in total. The van der Waals surface area contributed by atoms with Crippen LogP contribution in [0.5, 0.6) is 5.75 Å². The van der Waals surface area contributed by atoms with Gasteiger partial charge in [0.25, 0.3) is 0 Å². The Morgan fingerprint density at radius 1 is 1.50 bits per heavy atom. The minimum Gasteiger partial charge on any atom is -0.496 e. The van der Waals surface area contributed by atoms with E-state index >= 15 is 0 Å². The van der Waals surface area contributed by atoms with Crippen molar-refractivity contribution >= 4 is 15.9 Å². The van der Waals surface area contributed by atoms with Gasteiger partial charge in [0.1, 0.15) is 5.75 Å². The molecule has 132 valence electrons. The van der Waals surface area contributed by atoms with Crippen molar-refractivity contribution < 1.29 is 17.9 Å². The van der Waals surface area contributed by atoms with Gasteiger partial charge in [0.2, 0.25) is 15.9 Å². The highest BCUT2D eigenvalue weighted by molar-refractivity contribution is 7.89.